The number of halogens is 1. The molecule has 0 N–H and O–H groups in total. The third-order valence-corrected chi connectivity index (χ3v) is 7.11. The summed E-state index contributed by atoms with van der Waals surface area (Å²) < 4.78 is 32.1. The third kappa shape index (κ3) is 3.42. The quantitative estimate of drug-likeness (QED) is 0.615. The maximum absolute atomic E-state index is 13.5. The van der Waals surface area contributed by atoms with Gasteiger partial charge in [-0.3, -0.25) is 4.98 Å². The summed E-state index contributed by atoms with van der Waals surface area (Å²) in [6.45, 7) is 1.63. The molecule has 5 nitrogen and oxygen atoms in total. The smallest absolute Gasteiger partial charge is 0.210 e. The number of sulfone groups is 1. The van der Waals surface area contributed by atoms with Gasteiger partial charge in [-0.15, -0.1) is 0 Å². The molecule has 1 saturated heterocycles. The summed E-state index contributed by atoms with van der Waals surface area (Å²) >= 11 is 6.24. The van der Waals surface area contributed by atoms with Crippen LogP contribution in [0.3, 0.4) is 0 Å². The molecule has 1 fully saturated rings. The Hall–Kier alpha value is -2.31. The van der Waals surface area contributed by atoms with Crippen LogP contribution in [0.15, 0.2) is 58.5 Å². The number of aromatic nitrogens is 1. The van der Waals surface area contributed by atoms with Crippen molar-refractivity contribution >= 4 is 38.0 Å². The minimum Gasteiger partial charge on any atom is -0.497 e. The zero-order valence-electron chi connectivity index (χ0n) is 15.6. The molecule has 146 valence electrons. The van der Waals surface area contributed by atoms with E-state index in [1.807, 2.05) is 6.07 Å². The molecule has 0 atom stereocenters. The minimum absolute atomic E-state index is 0.217. The number of hydrogen-bond acceptors (Lipinski definition) is 5. The van der Waals surface area contributed by atoms with Crippen LogP contribution in [-0.4, -0.2) is 33.6 Å². The van der Waals surface area contributed by atoms with Crippen molar-refractivity contribution in [2.75, 3.05) is 25.1 Å². The van der Waals surface area contributed by atoms with E-state index in [4.69, 9.17) is 16.3 Å². The minimum atomic E-state index is -3.75. The Morgan fingerprint density at radius 1 is 1.04 bits per heavy atom. The Morgan fingerprint density at radius 2 is 1.75 bits per heavy atom. The van der Waals surface area contributed by atoms with Crippen LogP contribution >= 0.6 is 11.6 Å². The number of benzene rings is 2. The molecule has 0 aliphatic carbocycles. The van der Waals surface area contributed by atoms with Crippen LogP contribution in [0.1, 0.15) is 19.3 Å². The molecule has 0 bridgehead atoms. The second-order valence-corrected chi connectivity index (χ2v) is 9.21. The molecule has 3 aromatic rings. The maximum atomic E-state index is 13.5. The highest BCUT2D eigenvalue weighted by Crippen LogP contribution is 2.38. The van der Waals surface area contributed by atoms with Crippen molar-refractivity contribution < 1.29 is 13.2 Å². The first-order valence-electron chi connectivity index (χ1n) is 9.23. The number of piperidine rings is 1. The van der Waals surface area contributed by atoms with Gasteiger partial charge < -0.3 is 9.64 Å². The van der Waals surface area contributed by atoms with Crippen LogP contribution in [0.4, 0.5) is 5.69 Å². The molecule has 1 aliphatic heterocycles. The largest absolute Gasteiger partial charge is 0.497 e. The number of anilines is 1. The predicted molar refractivity (Wildman–Crippen MR) is 111 cm³/mol. The molecule has 1 aliphatic rings. The summed E-state index contributed by atoms with van der Waals surface area (Å²) in [5, 5.41) is 1.33. The Morgan fingerprint density at radius 3 is 2.43 bits per heavy atom. The molecule has 7 heteroatoms. The number of ether oxygens (including phenoxy) is 1. The van der Waals surface area contributed by atoms with Crippen LogP contribution < -0.4 is 9.64 Å². The van der Waals surface area contributed by atoms with Crippen LogP contribution in [-0.2, 0) is 9.84 Å². The van der Waals surface area contributed by atoms with Crippen molar-refractivity contribution in [1.82, 2.24) is 4.98 Å². The standard InChI is InChI=1S/C21H21ClN2O3S/c1-27-16-6-8-17(9-7-16)28(25,26)20-14-23-19-10-5-15(22)13-18(19)21(20)24-11-3-2-4-12-24/h5-10,13-14H,2-4,11-12H2,1H3. The van der Waals surface area contributed by atoms with Crippen molar-refractivity contribution in [3.63, 3.8) is 0 Å². The SMILES string of the molecule is COc1ccc(S(=O)(=O)c2cnc3ccc(Cl)cc3c2N2CCCCC2)cc1. The van der Waals surface area contributed by atoms with Crippen molar-refractivity contribution in [2.24, 2.45) is 0 Å². The molecular weight excluding hydrogens is 396 g/mol. The lowest BCUT2D eigenvalue weighted by molar-refractivity contribution is 0.414. The number of rotatable bonds is 4. The Bertz CT molecular complexity index is 1110. The van der Waals surface area contributed by atoms with E-state index < -0.39 is 9.84 Å². The van der Waals surface area contributed by atoms with Gasteiger partial charge in [-0.25, -0.2) is 8.42 Å². The monoisotopic (exact) mass is 416 g/mol. The van der Waals surface area contributed by atoms with Gasteiger partial charge in [0.2, 0.25) is 9.84 Å². The molecule has 0 unspecified atom stereocenters. The van der Waals surface area contributed by atoms with E-state index in [1.165, 1.54) is 6.20 Å². The van der Waals surface area contributed by atoms with Gasteiger partial charge in [-0.1, -0.05) is 11.6 Å². The Labute approximate surface area is 169 Å². The van der Waals surface area contributed by atoms with Crippen LogP contribution in [0.25, 0.3) is 10.9 Å². The lowest BCUT2D eigenvalue weighted by Gasteiger charge is -2.31. The predicted octanol–water partition coefficient (Wildman–Crippen LogP) is 4.72. The zero-order valence-corrected chi connectivity index (χ0v) is 17.1. The van der Waals surface area contributed by atoms with Crippen LogP contribution in [0, 0.1) is 0 Å². The topological polar surface area (TPSA) is 59.5 Å². The number of pyridine rings is 1. The van der Waals surface area contributed by atoms with E-state index in [-0.39, 0.29) is 9.79 Å². The van der Waals surface area contributed by atoms with Gasteiger partial charge in [0.1, 0.15) is 10.6 Å². The first kappa shape index (κ1) is 19.0. The van der Waals surface area contributed by atoms with E-state index >= 15 is 0 Å². The van der Waals surface area contributed by atoms with Crippen molar-refractivity contribution in [3.05, 3.63) is 53.7 Å². The fourth-order valence-corrected chi connectivity index (χ4v) is 5.26. The molecular formula is C21H21ClN2O3S. The van der Waals surface area contributed by atoms with E-state index in [0.717, 1.165) is 43.3 Å². The zero-order chi connectivity index (χ0) is 19.7. The summed E-state index contributed by atoms with van der Waals surface area (Å²) in [5.74, 6) is 0.610. The first-order chi connectivity index (χ1) is 13.5. The molecule has 0 saturated carbocycles. The third-order valence-electron chi connectivity index (χ3n) is 5.10. The first-order valence-corrected chi connectivity index (χ1v) is 11.1. The second-order valence-electron chi connectivity index (χ2n) is 6.86. The number of methoxy groups -OCH3 is 1. The van der Waals surface area contributed by atoms with Crippen molar-refractivity contribution in [3.8, 4) is 5.75 Å². The average Bonchev–Trinajstić information content (AvgIpc) is 2.73. The normalized spacial score (nSPS) is 15.0. The fraction of sp³-hybridized carbons (Fsp3) is 0.286. The number of nitrogens with zero attached hydrogens (tertiary/aromatic N) is 2. The van der Waals surface area contributed by atoms with Crippen LogP contribution in [0.2, 0.25) is 5.02 Å². The van der Waals surface area contributed by atoms with Crippen molar-refractivity contribution in [2.45, 2.75) is 29.1 Å². The molecule has 2 aromatic carbocycles. The maximum Gasteiger partial charge on any atom is 0.210 e. The summed E-state index contributed by atoms with van der Waals surface area (Å²) in [5.41, 5.74) is 1.43. The Balaban J connectivity index is 1.94. The molecule has 0 radical (unpaired) electrons. The second kappa shape index (κ2) is 7.60. The van der Waals surface area contributed by atoms with Gasteiger partial charge in [0.05, 0.1) is 23.2 Å². The molecule has 0 amide bonds. The summed E-state index contributed by atoms with van der Waals surface area (Å²) in [6.07, 6.45) is 4.69. The molecule has 28 heavy (non-hydrogen) atoms. The van der Waals surface area contributed by atoms with Gasteiger partial charge in [-0.05, 0) is 61.7 Å². The van der Waals surface area contributed by atoms with Gasteiger partial charge in [0.25, 0.3) is 0 Å². The Kier molecular flexibility index (Phi) is 5.17. The van der Waals surface area contributed by atoms with Gasteiger partial charge in [0, 0.05) is 29.7 Å². The molecule has 0 spiro atoms. The number of hydrogen-bond donors (Lipinski definition) is 0. The number of fused-ring (bicyclic) bond motifs is 1. The molecule has 2 heterocycles. The van der Waals surface area contributed by atoms with Gasteiger partial charge >= 0.3 is 0 Å². The van der Waals surface area contributed by atoms with Gasteiger partial charge in [0.15, 0.2) is 0 Å². The van der Waals surface area contributed by atoms with E-state index in [9.17, 15) is 8.42 Å². The highest BCUT2D eigenvalue weighted by Gasteiger charge is 2.27. The van der Waals surface area contributed by atoms with E-state index in [1.54, 1.807) is 43.5 Å². The summed E-state index contributed by atoms with van der Waals surface area (Å²) in [4.78, 5) is 7.00. The van der Waals surface area contributed by atoms with Crippen LogP contribution in [0.5, 0.6) is 5.75 Å². The average molecular weight is 417 g/mol. The fourth-order valence-electron chi connectivity index (χ4n) is 3.65. The van der Waals surface area contributed by atoms with Crippen molar-refractivity contribution in [1.29, 1.82) is 0 Å². The summed E-state index contributed by atoms with van der Waals surface area (Å²) in [6, 6.07) is 11.8. The highest BCUT2D eigenvalue weighted by molar-refractivity contribution is 7.91. The summed E-state index contributed by atoms with van der Waals surface area (Å²) in [7, 11) is -2.20. The highest BCUT2D eigenvalue weighted by atomic mass is 35.5. The molecule has 4 rings (SSSR count). The van der Waals surface area contributed by atoms with E-state index in [2.05, 4.69) is 9.88 Å². The van der Waals surface area contributed by atoms with E-state index in [0.29, 0.717) is 16.5 Å². The van der Waals surface area contributed by atoms with Gasteiger partial charge in [-0.2, -0.15) is 0 Å². The lowest BCUT2D eigenvalue weighted by atomic mass is 10.1. The molecule has 1 aromatic heterocycles. The lowest BCUT2D eigenvalue weighted by Crippen LogP contribution is -2.31.